The summed E-state index contributed by atoms with van der Waals surface area (Å²) in [5.41, 5.74) is 3.28. The molecule has 2 aromatic carbocycles. The summed E-state index contributed by atoms with van der Waals surface area (Å²) in [6, 6.07) is 15.3. The number of nitriles is 1. The van der Waals surface area contributed by atoms with Gasteiger partial charge >= 0.3 is 0 Å². The zero-order valence-electron chi connectivity index (χ0n) is 16.5. The Balaban J connectivity index is 1.84. The molecule has 0 aromatic heterocycles. The summed E-state index contributed by atoms with van der Waals surface area (Å²) in [7, 11) is -0.172. The van der Waals surface area contributed by atoms with Gasteiger partial charge in [0.1, 0.15) is 6.04 Å². The maximum Gasteiger partial charge on any atom is 0.253 e. The zero-order valence-corrected chi connectivity index (χ0v) is 17.3. The minimum atomic E-state index is -3.58. The number of aliphatic hydroxyl groups is 1. The minimum absolute atomic E-state index is 0.0649. The summed E-state index contributed by atoms with van der Waals surface area (Å²) in [5, 5.41) is 19.1. The maximum atomic E-state index is 12.0. The van der Waals surface area contributed by atoms with Gasteiger partial charge in [-0.3, -0.25) is 4.79 Å². The molecular weight excluding hydrogens is 390 g/mol. The third kappa shape index (κ3) is 3.90. The predicted octanol–water partition coefficient (Wildman–Crippen LogP) is 1.67. The van der Waals surface area contributed by atoms with Crippen LogP contribution in [0.15, 0.2) is 48.5 Å². The van der Waals surface area contributed by atoms with Crippen molar-refractivity contribution in [1.82, 2.24) is 9.21 Å². The first kappa shape index (κ1) is 21.0. The standard InChI is InChI=1S/C21H23N3O4S/c1-23(2)21(26)17-10-6-15(7-11-17)14-4-8-16(9-5-14)20-18(12-22)24(19(20)13-25)29(3,27)28/h4-11,18-20,25H,13H2,1-3H3/t18-,19+,20-/m1/s1. The summed E-state index contributed by atoms with van der Waals surface area (Å²) in [5.74, 6) is -0.446. The van der Waals surface area contributed by atoms with Crippen molar-refractivity contribution in [2.24, 2.45) is 0 Å². The first-order valence-corrected chi connectivity index (χ1v) is 10.9. The van der Waals surface area contributed by atoms with Gasteiger partial charge in [0.25, 0.3) is 5.91 Å². The highest BCUT2D eigenvalue weighted by Crippen LogP contribution is 2.42. The third-order valence-electron chi connectivity index (χ3n) is 5.22. The van der Waals surface area contributed by atoms with E-state index in [2.05, 4.69) is 0 Å². The van der Waals surface area contributed by atoms with Crippen molar-refractivity contribution in [2.75, 3.05) is 27.0 Å². The minimum Gasteiger partial charge on any atom is -0.395 e. The highest BCUT2D eigenvalue weighted by atomic mass is 32.2. The number of aliphatic hydroxyl groups excluding tert-OH is 1. The molecule has 1 amide bonds. The molecule has 1 aliphatic heterocycles. The molecule has 8 heteroatoms. The molecule has 3 atom stereocenters. The molecule has 0 spiro atoms. The Morgan fingerprint density at radius 1 is 1.10 bits per heavy atom. The van der Waals surface area contributed by atoms with E-state index in [0.29, 0.717) is 5.56 Å². The molecule has 1 heterocycles. The summed E-state index contributed by atoms with van der Waals surface area (Å²) >= 11 is 0. The van der Waals surface area contributed by atoms with E-state index in [4.69, 9.17) is 0 Å². The number of sulfonamides is 1. The molecule has 2 aromatic rings. The van der Waals surface area contributed by atoms with E-state index >= 15 is 0 Å². The molecule has 1 fully saturated rings. The van der Waals surface area contributed by atoms with Crippen LogP contribution < -0.4 is 0 Å². The van der Waals surface area contributed by atoms with Crippen LogP contribution in [0.2, 0.25) is 0 Å². The Morgan fingerprint density at radius 2 is 1.62 bits per heavy atom. The van der Waals surface area contributed by atoms with Gasteiger partial charge < -0.3 is 10.0 Å². The largest absolute Gasteiger partial charge is 0.395 e. The van der Waals surface area contributed by atoms with Crippen LogP contribution >= 0.6 is 0 Å². The second kappa shape index (κ2) is 7.95. The average Bonchev–Trinajstić information content (AvgIpc) is 2.67. The third-order valence-corrected chi connectivity index (χ3v) is 6.49. The van der Waals surface area contributed by atoms with Crippen LogP contribution in [0.4, 0.5) is 0 Å². The normalized spacial score (nSPS) is 21.8. The predicted molar refractivity (Wildman–Crippen MR) is 110 cm³/mol. The maximum absolute atomic E-state index is 12.0. The Morgan fingerprint density at radius 3 is 2.03 bits per heavy atom. The summed E-state index contributed by atoms with van der Waals surface area (Å²) in [6.45, 7) is -0.348. The van der Waals surface area contributed by atoms with E-state index in [-0.39, 0.29) is 18.4 Å². The fraction of sp³-hybridized carbons (Fsp3) is 0.333. The number of hydrogen-bond acceptors (Lipinski definition) is 5. The number of hydrogen-bond donors (Lipinski definition) is 1. The lowest BCUT2D eigenvalue weighted by Crippen LogP contribution is -2.64. The van der Waals surface area contributed by atoms with Gasteiger partial charge in [0, 0.05) is 25.6 Å². The summed E-state index contributed by atoms with van der Waals surface area (Å²) in [4.78, 5) is 13.5. The molecule has 1 saturated heterocycles. The molecule has 29 heavy (non-hydrogen) atoms. The molecule has 1 aliphatic rings. The zero-order chi connectivity index (χ0) is 21.3. The lowest BCUT2D eigenvalue weighted by atomic mass is 9.78. The van der Waals surface area contributed by atoms with Gasteiger partial charge in [-0.15, -0.1) is 0 Å². The highest BCUT2D eigenvalue weighted by molar-refractivity contribution is 7.88. The van der Waals surface area contributed by atoms with Crippen LogP contribution in [0.25, 0.3) is 11.1 Å². The van der Waals surface area contributed by atoms with E-state index < -0.39 is 22.1 Å². The summed E-state index contributed by atoms with van der Waals surface area (Å²) in [6.07, 6.45) is 1.05. The van der Waals surface area contributed by atoms with E-state index in [1.807, 2.05) is 42.5 Å². The first-order valence-electron chi connectivity index (χ1n) is 9.10. The second-order valence-corrected chi connectivity index (χ2v) is 9.23. The van der Waals surface area contributed by atoms with E-state index in [1.54, 1.807) is 26.2 Å². The van der Waals surface area contributed by atoms with Crippen molar-refractivity contribution < 1.29 is 18.3 Å². The topological polar surface area (TPSA) is 102 Å². The molecular formula is C21H23N3O4S. The van der Waals surface area contributed by atoms with Crippen molar-refractivity contribution >= 4 is 15.9 Å². The van der Waals surface area contributed by atoms with Crippen molar-refractivity contribution in [3.05, 3.63) is 59.7 Å². The number of carbonyl (C=O) groups is 1. The number of amides is 1. The van der Waals surface area contributed by atoms with Gasteiger partial charge in [0.05, 0.1) is 25.0 Å². The monoisotopic (exact) mass is 413 g/mol. The van der Waals surface area contributed by atoms with Crippen LogP contribution in [-0.4, -0.2) is 67.7 Å². The molecule has 152 valence electrons. The van der Waals surface area contributed by atoms with Gasteiger partial charge in [-0.2, -0.15) is 9.57 Å². The highest BCUT2D eigenvalue weighted by Gasteiger charge is 2.53. The van der Waals surface area contributed by atoms with E-state index in [0.717, 1.165) is 27.3 Å². The Bertz CT molecular complexity index is 1040. The van der Waals surface area contributed by atoms with Gasteiger partial charge in [-0.05, 0) is 28.8 Å². The molecule has 1 N–H and O–H groups in total. The molecule has 0 aliphatic carbocycles. The number of rotatable bonds is 5. The van der Waals surface area contributed by atoms with Gasteiger partial charge in [0.15, 0.2) is 0 Å². The first-order chi connectivity index (χ1) is 13.7. The number of nitrogens with zero attached hydrogens (tertiary/aromatic N) is 3. The van der Waals surface area contributed by atoms with Crippen molar-refractivity contribution in [2.45, 2.75) is 18.0 Å². The van der Waals surface area contributed by atoms with Gasteiger partial charge in [-0.1, -0.05) is 36.4 Å². The number of benzene rings is 2. The van der Waals surface area contributed by atoms with Gasteiger partial charge in [0.2, 0.25) is 10.0 Å². The average molecular weight is 413 g/mol. The number of carbonyl (C=O) groups excluding carboxylic acids is 1. The molecule has 3 rings (SSSR count). The fourth-order valence-corrected chi connectivity index (χ4v) is 5.06. The molecule has 7 nitrogen and oxygen atoms in total. The Hall–Kier alpha value is -2.73. The van der Waals surface area contributed by atoms with Crippen LogP contribution in [0.1, 0.15) is 21.8 Å². The fourth-order valence-electron chi connectivity index (χ4n) is 3.78. The van der Waals surface area contributed by atoms with Crippen LogP contribution in [0.5, 0.6) is 0 Å². The Labute approximate surface area is 170 Å². The molecule has 0 radical (unpaired) electrons. The van der Waals surface area contributed by atoms with E-state index in [1.165, 1.54) is 4.90 Å². The molecule has 0 saturated carbocycles. The Kier molecular flexibility index (Phi) is 5.75. The summed E-state index contributed by atoms with van der Waals surface area (Å²) < 4.78 is 24.9. The van der Waals surface area contributed by atoms with Crippen molar-refractivity contribution in [3.8, 4) is 17.2 Å². The quantitative estimate of drug-likeness (QED) is 0.803. The smallest absolute Gasteiger partial charge is 0.253 e. The molecule has 0 unspecified atom stereocenters. The van der Waals surface area contributed by atoms with Crippen molar-refractivity contribution in [1.29, 1.82) is 5.26 Å². The van der Waals surface area contributed by atoms with Crippen LogP contribution in [0.3, 0.4) is 0 Å². The van der Waals surface area contributed by atoms with Crippen LogP contribution in [-0.2, 0) is 10.0 Å². The lowest BCUT2D eigenvalue weighted by Gasteiger charge is -2.49. The van der Waals surface area contributed by atoms with Crippen molar-refractivity contribution in [3.63, 3.8) is 0 Å². The lowest BCUT2D eigenvalue weighted by molar-refractivity contribution is 0.0564. The SMILES string of the molecule is CN(C)C(=O)c1ccc(-c2ccc([C@@H]3[C@@H](C#N)N(S(C)(=O)=O)[C@H]3CO)cc2)cc1. The van der Waals surface area contributed by atoms with E-state index in [9.17, 15) is 23.6 Å². The van der Waals surface area contributed by atoms with Crippen LogP contribution in [0, 0.1) is 11.3 Å². The molecule has 0 bridgehead atoms. The van der Waals surface area contributed by atoms with Gasteiger partial charge in [-0.25, -0.2) is 8.42 Å². The second-order valence-electron chi connectivity index (χ2n) is 7.34.